The number of carboxylic acids is 1. The van der Waals surface area contributed by atoms with Crippen LogP contribution in [0.3, 0.4) is 0 Å². The summed E-state index contributed by atoms with van der Waals surface area (Å²) in [5, 5.41) is 11.9. The van der Waals surface area contributed by atoms with Crippen LogP contribution in [0.25, 0.3) is 0 Å². The zero-order chi connectivity index (χ0) is 15.9. The average molecular weight is 321 g/mol. The van der Waals surface area contributed by atoms with E-state index in [1.807, 2.05) is 24.3 Å². The summed E-state index contributed by atoms with van der Waals surface area (Å²) in [7, 11) is 1.60. The maximum Gasteiger partial charge on any atom is 0.356 e. The predicted octanol–water partition coefficient (Wildman–Crippen LogP) is 1.52. The molecule has 2 rings (SSSR count). The van der Waals surface area contributed by atoms with E-state index in [9.17, 15) is 9.59 Å². The number of H-pyrrole nitrogens is 1. The number of nitrogens with one attached hydrogen (secondary N) is 2. The van der Waals surface area contributed by atoms with Gasteiger partial charge in [-0.25, -0.2) is 9.78 Å². The third kappa shape index (κ3) is 4.52. The second kappa shape index (κ2) is 7.51. The van der Waals surface area contributed by atoms with Crippen molar-refractivity contribution in [1.82, 2.24) is 15.3 Å². The molecule has 0 bridgehead atoms. The van der Waals surface area contributed by atoms with Crippen molar-refractivity contribution in [2.24, 2.45) is 0 Å². The van der Waals surface area contributed by atoms with Crippen molar-refractivity contribution in [3.8, 4) is 5.75 Å². The van der Waals surface area contributed by atoms with Crippen LogP contribution in [-0.4, -0.2) is 39.8 Å². The largest absolute Gasteiger partial charge is 0.497 e. The number of carbonyl (C=O) groups is 2. The molecular weight excluding hydrogens is 306 g/mol. The van der Waals surface area contributed by atoms with Crippen LogP contribution in [0.2, 0.25) is 0 Å². The Morgan fingerprint density at radius 1 is 1.36 bits per heavy atom. The molecule has 0 atom stereocenters. The summed E-state index contributed by atoms with van der Waals surface area (Å²) < 4.78 is 5.06. The Morgan fingerprint density at radius 3 is 2.68 bits per heavy atom. The fourth-order valence-corrected chi connectivity index (χ4v) is 2.29. The van der Waals surface area contributed by atoms with Gasteiger partial charge in [0.05, 0.1) is 12.9 Å². The molecule has 3 N–H and O–H groups in total. The number of aromatic amines is 1. The number of benzene rings is 1. The number of hydrogen-bond acceptors (Lipinski definition) is 5. The van der Waals surface area contributed by atoms with Crippen LogP contribution in [-0.2, 0) is 11.3 Å². The molecule has 1 aromatic carbocycles. The fourth-order valence-electron chi connectivity index (χ4n) is 1.62. The molecule has 7 nitrogen and oxygen atoms in total. The Kier molecular flexibility index (Phi) is 5.42. The highest BCUT2D eigenvalue weighted by Crippen LogP contribution is 2.14. The molecule has 0 saturated carbocycles. The van der Waals surface area contributed by atoms with Gasteiger partial charge >= 0.3 is 5.97 Å². The van der Waals surface area contributed by atoms with Crippen LogP contribution in [0.5, 0.6) is 5.75 Å². The lowest BCUT2D eigenvalue weighted by atomic mass is 10.2. The molecule has 8 heteroatoms. The van der Waals surface area contributed by atoms with Gasteiger partial charge in [-0.1, -0.05) is 23.9 Å². The van der Waals surface area contributed by atoms with Crippen LogP contribution in [0.4, 0.5) is 0 Å². The van der Waals surface area contributed by atoms with Crippen molar-refractivity contribution in [1.29, 1.82) is 0 Å². The van der Waals surface area contributed by atoms with Crippen molar-refractivity contribution >= 4 is 23.6 Å². The molecule has 116 valence electrons. The van der Waals surface area contributed by atoms with Crippen molar-refractivity contribution in [3.63, 3.8) is 0 Å². The standard InChI is InChI=1S/C14H15N3O4S/c1-21-10-4-2-9(3-5-10)6-15-12(18)8-22-14-16-7-11(17-14)13(19)20/h2-5,7H,6,8H2,1H3,(H,15,18)(H,16,17)(H,19,20). The Hall–Kier alpha value is -2.48. The maximum atomic E-state index is 11.7. The second-order valence-electron chi connectivity index (χ2n) is 4.31. The van der Waals surface area contributed by atoms with Gasteiger partial charge in [-0.3, -0.25) is 4.79 Å². The topological polar surface area (TPSA) is 104 Å². The monoisotopic (exact) mass is 321 g/mol. The zero-order valence-electron chi connectivity index (χ0n) is 11.8. The van der Waals surface area contributed by atoms with Gasteiger partial charge < -0.3 is 20.1 Å². The van der Waals surface area contributed by atoms with Crippen molar-refractivity contribution in [2.45, 2.75) is 11.7 Å². The first-order valence-electron chi connectivity index (χ1n) is 6.39. The van der Waals surface area contributed by atoms with Gasteiger partial charge in [0.1, 0.15) is 5.75 Å². The first kappa shape index (κ1) is 15.9. The number of carbonyl (C=O) groups excluding carboxylic acids is 1. The highest BCUT2D eigenvalue weighted by atomic mass is 32.2. The van der Waals surface area contributed by atoms with E-state index in [1.165, 1.54) is 6.20 Å². The lowest BCUT2D eigenvalue weighted by Crippen LogP contribution is -2.24. The summed E-state index contributed by atoms with van der Waals surface area (Å²) in [4.78, 5) is 29.0. The Balaban J connectivity index is 1.76. The van der Waals surface area contributed by atoms with Gasteiger partial charge in [0.2, 0.25) is 5.91 Å². The summed E-state index contributed by atoms with van der Waals surface area (Å²) in [5.41, 5.74) is 0.895. The minimum absolute atomic E-state index is 0.0684. The van der Waals surface area contributed by atoms with Gasteiger partial charge in [-0.05, 0) is 17.7 Å². The molecule has 0 aliphatic heterocycles. The lowest BCUT2D eigenvalue weighted by Gasteiger charge is -2.05. The number of ether oxygens (including phenoxy) is 1. The van der Waals surface area contributed by atoms with Crippen LogP contribution in [0.15, 0.2) is 35.6 Å². The average Bonchev–Trinajstić information content (AvgIpc) is 3.00. The Bertz CT molecular complexity index is 654. The summed E-state index contributed by atoms with van der Waals surface area (Å²) in [6.45, 7) is 0.419. The third-order valence-electron chi connectivity index (χ3n) is 2.76. The number of amides is 1. The molecule has 1 heterocycles. The minimum atomic E-state index is -1.10. The number of methoxy groups -OCH3 is 1. The second-order valence-corrected chi connectivity index (χ2v) is 5.27. The third-order valence-corrected chi connectivity index (χ3v) is 3.65. The smallest absolute Gasteiger partial charge is 0.356 e. The van der Waals surface area contributed by atoms with Crippen molar-refractivity contribution < 1.29 is 19.4 Å². The molecule has 0 unspecified atom stereocenters. The van der Waals surface area contributed by atoms with E-state index in [0.29, 0.717) is 11.7 Å². The van der Waals surface area contributed by atoms with E-state index in [4.69, 9.17) is 9.84 Å². The number of hydrogen-bond donors (Lipinski definition) is 3. The van der Waals surface area contributed by atoms with Crippen LogP contribution >= 0.6 is 11.8 Å². The van der Waals surface area contributed by atoms with Gasteiger partial charge in [0.25, 0.3) is 0 Å². The number of imidazole rings is 1. The molecule has 0 spiro atoms. The first-order valence-corrected chi connectivity index (χ1v) is 7.38. The van der Waals surface area contributed by atoms with E-state index in [-0.39, 0.29) is 17.4 Å². The SMILES string of the molecule is COc1ccc(CNC(=O)CSc2nc(C(=O)O)c[nH]2)cc1. The zero-order valence-corrected chi connectivity index (χ0v) is 12.6. The minimum Gasteiger partial charge on any atom is -0.497 e. The van der Waals surface area contributed by atoms with E-state index in [2.05, 4.69) is 15.3 Å². The number of carboxylic acid groups (broad SMARTS) is 1. The number of thioether (sulfide) groups is 1. The van der Waals surface area contributed by atoms with Crippen molar-refractivity contribution in [2.75, 3.05) is 12.9 Å². The molecular formula is C14H15N3O4S. The molecule has 0 fully saturated rings. The van der Waals surface area contributed by atoms with Crippen LogP contribution in [0.1, 0.15) is 16.1 Å². The van der Waals surface area contributed by atoms with Gasteiger partial charge in [0, 0.05) is 12.7 Å². The quantitative estimate of drug-likeness (QED) is 0.668. The summed E-state index contributed by atoms with van der Waals surface area (Å²) in [5.74, 6) is -0.346. The van der Waals surface area contributed by atoms with E-state index < -0.39 is 5.97 Å². The Morgan fingerprint density at radius 2 is 2.09 bits per heavy atom. The molecule has 0 aliphatic carbocycles. The van der Waals surface area contributed by atoms with Gasteiger partial charge in [-0.2, -0.15) is 0 Å². The van der Waals surface area contributed by atoms with E-state index >= 15 is 0 Å². The maximum absolute atomic E-state index is 11.7. The molecule has 1 amide bonds. The van der Waals surface area contributed by atoms with E-state index in [1.54, 1.807) is 7.11 Å². The molecule has 1 aromatic heterocycles. The number of rotatable bonds is 7. The summed E-state index contributed by atoms with van der Waals surface area (Å²) in [6, 6.07) is 7.40. The first-order chi connectivity index (χ1) is 10.6. The molecule has 0 aliphatic rings. The summed E-state index contributed by atoms with van der Waals surface area (Å²) in [6.07, 6.45) is 1.29. The van der Waals surface area contributed by atoms with Gasteiger partial charge in [0.15, 0.2) is 10.9 Å². The van der Waals surface area contributed by atoms with Crippen LogP contribution in [0, 0.1) is 0 Å². The lowest BCUT2D eigenvalue weighted by molar-refractivity contribution is -0.118. The van der Waals surface area contributed by atoms with Gasteiger partial charge in [-0.15, -0.1) is 0 Å². The summed E-state index contributed by atoms with van der Waals surface area (Å²) >= 11 is 1.15. The van der Waals surface area contributed by atoms with Crippen LogP contribution < -0.4 is 10.1 Å². The number of aromatic carboxylic acids is 1. The van der Waals surface area contributed by atoms with E-state index in [0.717, 1.165) is 23.1 Å². The molecule has 22 heavy (non-hydrogen) atoms. The molecule has 2 aromatic rings. The fraction of sp³-hybridized carbons (Fsp3) is 0.214. The molecule has 0 radical (unpaired) electrons. The highest BCUT2D eigenvalue weighted by molar-refractivity contribution is 7.99. The normalized spacial score (nSPS) is 10.2. The highest BCUT2D eigenvalue weighted by Gasteiger charge is 2.10. The van der Waals surface area contributed by atoms with Crippen molar-refractivity contribution in [3.05, 3.63) is 41.7 Å². The predicted molar refractivity (Wildman–Crippen MR) is 81.1 cm³/mol. The Labute approximate surface area is 131 Å². The number of nitrogens with zero attached hydrogens (tertiary/aromatic N) is 1. The number of aromatic nitrogens is 2. The molecule has 0 saturated heterocycles.